The van der Waals surface area contributed by atoms with Crippen LogP contribution in [0.2, 0.25) is 0 Å². The van der Waals surface area contributed by atoms with Crippen LogP contribution < -0.4 is 5.32 Å². The van der Waals surface area contributed by atoms with Gasteiger partial charge in [-0.15, -0.1) is 0 Å². The molecule has 0 radical (unpaired) electrons. The van der Waals surface area contributed by atoms with Crippen LogP contribution in [-0.2, 0) is 9.53 Å². The number of carboxylic acids is 1. The molecule has 0 spiro atoms. The van der Waals surface area contributed by atoms with Gasteiger partial charge in [-0.3, -0.25) is 4.79 Å². The van der Waals surface area contributed by atoms with Gasteiger partial charge in [0.1, 0.15) is 11.6 Å². The second-order valence-electron chi connectivity index (χ2n) is 3.35. The first-order valence-corrected chi connectivity index (χ1v) is 3.80. The first-order valence-electron chi connectivity index (χ1n) is 4.51. The lowest BCUT2D eigenvalue weighted by Crippen LogP contribution is -2.41. The Kier molecular flexibility index (Phi) is 3.11. The van der Waals surface area contributed by atoms with E-state index in [4.69, 9.17) is 11.2 Å². The molecule has 5 nitrogen and oxygen atoms in total. The molecule has 76 valence electrons. The van der Waals surface area contributed by atoms with E-state index in [1.54, 1.807) is 13.8 Å². The van der Waals surface area contributed by atoms with Crippen LogP contribution in [0.1, 0.15) is 29.0 Å². The zero-order valence-corrected chi connectivity index (χ0v) is 7.96. The summed E-state index contributed by atoms with van der Waals surface area (Å²) in [7, 11) is 0. The third-order valence-corrected chi connectivity index (χ3v) is 1.07. The number of aliphatic carboxylic acids is 1. The molecule has 0 bridgehead atoms. The molecule has 0 fully saturated rings. The van der Waals surface area contributed by atoms with E-state index in [1.807, 2.05) is 0 Å². The van der Waals surface area contributed by atoms with Crippen molar-refractivity contribution >= 4 is 12.1 Å². The summed E-state index contributed by atoms with van der Waals surface area (Å²) in [5.41, 5.74) is -0.900. The van der Waals surface area contributed by atoms with Gasteiger partial charge in [-0.1, -0.05) is 0 Å². The molecular weight excluding hydrogens is 174 g/mol. The lowest BCUT2D eigenvalue weighted by molar-refractivity contribution is -0.139. The SMILES string of the molecule is [2H]CC(C)(C)OC(=O)NC(C)C(=O)O. The van der Waals surface area contributed by atoms with Crippen molar-refractivity contribution in [2.75, 3.05) is 0 Å². The Morgan fingerprint density at radius 3 is 2.54 bits per heavy atom. The quantitative estimate of drug-likeness (QED) is 0.680. The number of carbonyl (C=O) groups excluding carboxylic acids is 1. The second-order valence-corrected chi connectivity index (χ2v) is 3.35. The van der Waals surface area contributed by atoms with Crippen molar-refractivity contribution in [2.45, 2.75) is 39.3 Å². The molecule has 0 saturated heterocycles. The summed E-state index contributed by atoms with van der Waals surface area (Å²) < 4.78 is 11.9. The number of amides is 1. The molecule has 0 aliphatic heterocycles. The van der Waals surface area contributed by atoms with Crippen molar-refractivity contribution in [1.82, 2.24) is 5.32 Å². The van der Waals surface area contributed by atoms with Gasteiger partial charge in [-0.25, -0.2) is 4.79 Å². The highest BCUT2D eigenvalue weighted by Crippen LogP contribution is 2.06. The fraction of sp³-hybridized carbons (Fsp3) is 0.750. The molecule has 0 heterocycles. The molecular formula is C8H15NO4. The highest BCUT2D eigenvalue weighted by Gasteiger charge is 2.20. The number of hydrogen-bond acceptors (Lipinski definition) is 3. The van der Waals surface area contributed by atoms with E-state index < -0.39 is 23.7 Å². The topological polar surface area (TPSA) is 75.6 Å². The maximum Gasteiger partial charge on any atom is 0.408 e. The van der Waals surface area contributed by atoms with Crippen molar-refractivity contribution in [3.05, 3.63) is 0 Å². The fourth-order valence-electron chi connectivity index (χ4n) is 0.519. The van der Waals surface area contributed by atoms with Crippen LogP contribution in [0.25, 0.3) is 0 Å². The van der Waals surface area contributed by atoms with Gasteiger partial charge in [-0.2, -0.15) is 0 Å². The predicted molar refractivity (Wildman–Crippen MR) is 46.5 cm³/mol. The largest absolute Gasteiger partial charge is 0.480 e. The number of rotatable bonds is 2. The van der Waals surface area contributed by atoms with Crippen LogP contribution in [-0.4, -0.2) is 28.8 Å². The van der Waals surface area contributed by atoms with Crippen LogP contribution in [0, 0.1) is 0 Å². The van der Waals surface area contributed by atoms with E-state index in [2.05, 4.69) is 5.32 Å². The van der Waals surface area contributed by atoms with Crippen molar-refractivity contribution in [3.63, 3.8) is 0 Å². The Morgan fingerprint density at radius 2 is 2.15 bits per heavy atom. The molecule has 0 aromatic rings. The highest BCUT2D eigenvalue weighted by molar-refractivity contribution is 5.79. The highest BCUT2D eigenvalue weighted by atomic mass is 16.6. The van der Waals surface area contributed by atoms with E-state index in [9.17, 15) is 9.59 Å². The third-order valence-electron chi connectivity index (χ3n) is 1.07. The van der Waals surface area contributed by atoms with E-state index in [0.29, 0.717) is 0 Å². The zero-order chi connectivity index (χ0) is 11.4. The number of carboxylic acid groups (broad SMARTS) is 1. The normalized spacial score (nSPS) is 14.2. The monoisotopic (exact) mass is 190 g/mol. The second kappa shape index (κ2) is 4.11. The van der Waals surface area contributed by atoms with Gasteiger partial charge in [0.2, 0.25) is 0 Å². The molecule has 0 aromatic carbocycles. The van der Waals surface area contributed by atoms with Crippen LogP contribution in [0.5, 0.6) is 0 Å². The van der Waals surface area contributed by atoms with Crippen LogP contribution in [0.15, 0.2) is 0 Å². The Bertz CT molecular complexity index is 229. The lowest BCUT2D eigenvalue weighted by Gasteiger charge is -2.20. The fourth-order valence-corrected chi connectivity index (χ4v) is 0.519. The molecule has 0 aliphatic rings. The van der Waals surface area contributed by atoms with Gasteiger partial charge in [0.15, 0.2) is 0 Å². The Morgan fingerprint density at radius 1 is 1.62 bits per heavy atom. The summed E-state index contributed by atoms with van der Waals surface area (Å²) in [6, 6.07) is -0.996. The standard InChI is InChI=1S/C8H15NO4/c1-5(6(10)11)9-7(12)13-8(2,3)4/h5H,1-4H3,(H,9,12)(H,10,11)/i2D. The Balaban J connectivity index is 4.05. The molecule has 2 N–H and O–H groups in total. The first kappa shape index (κ1) is 9.83. The average molecular weight is 190 g/mol. The molecule has 5 heteroatoms. The minimum Gasteiger partial charge on any atom is -0.480 e. The van der Waals surface area contributed by atoms with E-state index in [0.717, 1.165) is 0 Å². The summed E-state index contributed by atoms with van der Waals surface area (Å²) in [4.78, 5) is 21.4. The van der Waals surface area contributed by atoms with Crippen molar-refractivity contribution < 1.29 is 20.8 Å². The van der Waals surface area contributed by atoms with Crippen LogP contribution in [0.4, 0.5) is 4.79 Å². The van der Waals surface area contributed by atoms with Crippen molar-refractivity contribution in [2.24, 2.45) is 0 Å². The summed E-state index contributed by atoms with van der Waals surface area (Å²) in [5.74, 6) is -1.13. The Labute approximate surface area is 78.5 Å². The van der Waals surface area contributed by atoms with Gasteiger partial charge >= 0.3 is 12.1 Å². The number of ether oxygens (including phenoxy) is 1. The van der Waals surface area contributed by atoms with Crippen LogP contribution in [0.3, 0.4) is 0 Å². The summed E-state index contributed by atoms with van der Waals surface area (Å²) >= 11 is 0. The summed E-state index contributed by atoms with van der Waals surface area (Å²) in [5, 5.41) is 10.6. The average Bonchev–Trinajstić information content (AvgIpc) is 2.02. The predicted octanol–water partition coefficient (Wildman–Crippen LogP) is 0.984. The first-order chi connectivity index (χ1) is 6.28. The van der Waals surface area contributed by atoms with Gasteiger partial charge in [0, 0.05) is 1.37 Å². The van der Waals surface area contributed by atoms with Crippen molar-refractivity contribution in [3.8, 4) is 0 Å². The van der Waals surface area contributed by atoms with Crippen LogP contribution >= 0.6 is 0 Å². The van der Waals surface area contributed by atoms with Gasteiger partial charge in [0.05, 0.1) is 0 Å². The molecule has 1 unspecified atom stereocenters. The number of hydrogen-bond donors (Lipinski definition) is 2. The van der Waals surface area contributed by atoms with Gasteiger partial charge in [0.25, 0.3) is 0 Å². The number of alkyl carbamates (subject to hydrolysis) is 1. The molecule has 1 amide bonds. The van der Waals surface area contributed by atoms with E-state index in [1.165, 1.54) is 6.92 Å². The van der Waals surface area contributed by atoms with E-state index in [-0.39, 0.29) is 6.90 Å². The molecule has 0 aromatic heterocycles. The third kappa shape index (κ3) is 5.95. The maximum atomic E-state index is 11.1. The molecule has 0 rings (SSSR count). The summed E-state index contributed by atoms with van der Waals surface area (Å²) in [6.07, 6.45) is -0.822. The summed E-state index contributed by atoms with van der Waals surface area (Å²) in [6.45, 7) is 4.40. The molecule has 1 atom stereocenters. The molecule has 0 saturated carbocycles. The number of nitrogens with one attached hydrogen (secondary N) is 1. The maximum absolute atomic E-state index is 11.1. The van der Waals surface area contributed by atoms with Gasteiger partial charge in [-0.05, 0) is 27.7 Å². The van der Waals surface area contributed by atoms with Crippen molar-refractivity contribution in [1.29, 1.82) is 0 Å². The molecule has 0 aliphatic carbocycles. The number of carbonyl (C=O) groups is 2. The Hall–Kier alpha value is -1.26. The van der Waals surface area contributed by atoms with E-state index >= 15 is 0 Å². The van der Waals surface area contributed by atoms with Gasteiger partial charge < -0.3 is 15.2 Å². The smallest absolute Gasteiger partial charge is 0.408 e. The minimum atomic E-state index is -1.13. The minimum absolute atomic E-state index is 0.0815. The molecule has 13 heavy (non-hydrogen) atoms. The lowest BCUT2D eigenvalue weighted by atomic mass is 10.2. The zero-order valence-electron chi connectivity index (χ0n) is 8.96.